The summed E-state index contributed by atoms with van der Waals surface area (Å²) in [6.07, 6.45) is -4.79. The molecule has 2 aliphatic heterocycles. The molecule has 2 saturated heterocycles. The average molecular weight is 663 g/mol. The second-order valence-electron chi connectivity index (χ2n) is 10.6. The van der Waals surface area contributed by atoms with E-state index in [2.05, 4.69) is 19.9 Å². The molecule has 2 fully saturated rings. The Morgan fingerprint density at radius 1 is 0.955 bits per heavy atom. The molecule has 0 aliphatic carbocycles. The normalized spacial score (nSPS) is 19.3. The number of hydrogen-bond donors (Lipinski definition) is 0. The maximum absolute atomic E-state index is 13.7. The van der Waals surface area contributed by atoms with Crippen molar-refractivity contribution in [3.63, 3.8) is 0 Å². The number of alkyl halides is 6. The minimum Gasteiger partial charge on any atom is -0.350 e. The Labute approximate surface area is 258 Å². The summed E-state index contributed by atoms with van der Waals surface area (Å²) in [6.45, 7) is 2.70. The fourth-order valence-corrected chi connectivity index (χ4v) is 5.79. The van der Waals surface area contributed by atoms with Gasteiger partial charge in [0.15, 0.2) is 5.82 Å². The van der Waals surface area contributed by atoms with Crippen LogP contribution in [0.3, 0.4) is 0 Å². The molecular formula is C27H26Cl2F6N8O. The van der Waals surface area contributed by atoms with E-state index in [9.17, 15) is 31.1 Å². The monoisotopic (exact) mass is 662 g/mol. The van der Waals surface area contributed by atoms with Crippen LogP contribution in [0.1, 0.15) is 36.5 Å². The Bertz CT molecular complexity index is 1490. The summed E-state index contributed by atoms with van der Waals surface area (Å²) in [5, 5.41) is 0.192. The molecule has 2 amide bonds. The number of halogens is 8. The molecule has 0 radical (unpaired) electrons. The summed E-state index contributed by atoms with van der Waals surface area (Å²) >= 11 is 12.4. The lowest BCUT2D eigenvalue weighted by molar-refractivity contribution is -0.143. The summed E-state index contributed by atoms with van der Waals surface area (Å²) in [4.78, 5) is 35.9. The number of rotatable bonds is 7. The van der Waals surface area contributed by atoms with Gasteiger partial charge in [-0.1, -0.05) is 18.5 Å². The van der Waals surface area contributed by atoms with Gasteiger partial charge < -0.3 is 14.7 Å². The van der Waals surface area contributed by atoms with E-state index in [1.165, 1.54) is 28.4 Å². The Hall–Kier alpha value is -3.59. The van der Waals surface area contributed by atoms with Gasteiger partial charge in [0.1, 0.15) is 5.02 Å². The highest BCUT2D eigenvalue weighted by Gasteiger charge is 2.40. The summed E-state index contributed by atoms with van der Waals surface area (Å²) in [5.74, 6) is 0.417. The topological polar surface area (TPSA) is 81.6 Å². The fraction of sp³-hybridized carbons (Fsp3) is 0.444. The third-order valence-electron chi connectivity index (χ3n) is 7.68. The Balaban J connectivity index is 1.54. The van der Waals surface area contributed by atoms with Crippen LogP contribution in [0.4, 0.5) is 48.6 Å². The quantitative estimate of drug-likeness (QED) is 0.210. The van der Waals surface area contributed by atoms with Crippen LogP contribution in [0, 0.1) is 0 Å². The number of hydrogen-bond acceptors (Lipinski definition) is 7. The number of likely N-dealkylation sites (N-methyl/N-ethyl adjacent to an activating group) is 1. The largest absolute Gasteiger partial charge is 0.416 e. The molecule has 4 heterocycles. The maximum atomic E-state index is 13.7. The SMILES string of the molecule is CCC1C[C@H](N(Cc2cc(C(F)(F)F)cc(C(F)(F)F)c2)c2ncc(N3CCN(C)C3=O)cn2)CN1c1nc(Cl)ncc1Cl. The molecule has 2 aliphatic rings. The van der Waals surface area contributed by atoms with E-state index in [0.717, 1.165) is 0 Å². The molecule has 0 saturated carbocycles. The zero-order valence-corrected chi connectivity index (χ0v) is 24.9. The number of nitrogens with zero attached hydrogens (tertiary/aromatic N) is 8. The highest BCUT2D eigenvalue weighted by molar-refractivity contribution is 6.33. The first-order valence-corrected chi connectivity index (χ1v) is 14.3. The van der Waals surface area contributed by atoms with Crippen molar-refractivity contribution in [2.75, 3.05) is 41.4 Å². The summed E-state index contributed by atoms with van der Waals surface area (Å²) in [5.41, 5.74) is -2.66. The molecule has 0 spiro atoms. The lowest BCUT2D eigenvalue weighted by Crippen LogP contribution is -2.39. The van der Waals surface area contributed by atoms with Gasteiger partial charge in [0.05, 0.1) is 41.4 Å². The molecule has 236 valence electrons. The van der Waals surface area contributed by atoms with Crippen LogP contribution in [-0.2, 0) is 18.9 Å². The van der Waals surface area contributed by atoms with Crippen molar-refractivity contribution >= 4 is 46.7 Å². The number of amides is 2. The van der Waals surface area contributed by atoms with Gasteiger partial charge in [0.25, 0.3) is 0 Å². The van der Waals surface area contributed by atoms with Crippen LogP contribution < -0.4 is 14.7 Å². The molecule has 9 nitrogen and oxygen atoms in total. The van der Waals surface area contributed by atoms with Gasteiger partial charge >= 0.3 is 18.4 Å². The summed E-state index contributed by atoms with van der Waals surface area (Å²) in [7, 11) is 1.65. The first-order chi connectivity index (χ1) is 20.7. The van der Waals surface area contributed by atoms with Crippen molar-refractivity contribution in [3.05, 3.63) is 63.8 Å². The van der Waals surface area contributed by atoms with Crippen LogP contribution in [0.25, 0.3) is 0 Å². The van der Waals surface area contributed by atoms with Gasteiger partial charge in [0, 0.05) is 39.3 Å². The van der Waals surface area contributed by atoms with Crippen LogP contribution in [-0.4, -0.2) is 69.6 Å². The fourth-order valence-electron chi connectivity index (χ4n) is 5.46. The smallest absolute Gasteiger partial charge is 0.350 e. The molecular weight excluding hydrogens is 637 g/mol. The van der Waals surface area contributed by atoms with Gasteiger partial charge in [-0.2, -0.15) is 31.3 Å². The third-order valence-corrected chi connectivity index (χ3v) is 8.13. The van der Waals surface area contributed by atoms with Crippen LogP contribution in [0.5, 0.6) is 0 Å². The molecule has 0 N–H and O–H groups in total. The van der Waals surface area contributed by atoms with E-state index in [1.807, 2.05) is 11.8 Å². The van der Waals surface area contributed by atoms with Crippen molar-refractivity contribution in [1.29, 1.82) is 0 Å². The molecule has 5 rings (SSSR count). The zero-order valence-electron chi connectivity index (χ0n) is 23.4. The molecule has 3 aromatic rings. The molecule has 1 unspecified atom stereocenters. The summed E-state index contributed by atoms with van der Waals surface area (Å²) in [6, 6.07) is 0.587. The van der Waals surface area contributed by atoms with Crippen LogP contribution >= 0.6 is 23.2 Å². The van der Waals surface area contributed by atoms with Crippen LogP contribution in [0.2, 0.25) is 10.3 Å². The number of carbonyl (C=O) groups is 1. The van der Waals surface area contributed by atoms with Gasteiger partial charge in [-0.25, -0.2) is 19.7 Å². The van der Waals surface area contributed by atoms with Crippen LogP contribution in [0.15, 0.2) is 36.8 Å². The number of benzene rings is 1. The highest BCUT2D eigenvalue weighted by atomic mass is 35.5. The Morgan fingerprint density at radius 2 is 1.59 bits per heavy atom. The average Bonchev–Trinajstić information content (AvgIpc) is 3.55. The zero-order chi connectivity index (χ0) is 32.0. The lowest BCUT2D eigenvalue weighted by atomic mass is 10.0. The number of aromatic nitrogens is 4. The van der Waals surface area contributed by atoms with Gasteiger partial charge in [-0.3, -0.25) is 4.90 Å². The van der Waals surface area contributed by atoms with Gasteiger partial charge in [0.2, 0.25) is 11.2 Å². The van der Waals surface area contributed by atoms with Crippen molar-refractivity contribution < 1.29 is 31.1 Å². The van der Waals surface area contributed by atoms with E-state index < -0.39 is 29.5 Å². The Kier molecular flexibility index (Phi) is 8.73. The second kappa shape index (κ2) is 12.1. The summed E-state index contributed by atoms with van der Waals surface area (Å²) < 4.78 is 82.0. The number of anilines is 3. The molecule has 17 heteroatoms. The number of carbonyl (C=O) groups excluding carboxylic acids is 1. The first kappa shape index (κ1) is 31.8. The Morgan fingerprint density at radius 3 is 2.14 bits per heavy atom. The molecule has 1 aromatic carbocycles. The molecule has 2 aromatic heterocycles. The molecule has 2 atom stereocenters. The van der Waals surface area contributed by atoms with Gasteiger partial charge in [-0.05, 0) is 48.2 Å². The van der Waals surface area contributed by atoms with Crippen molar-refractivity contribution in [3.8, 4) is 0 Å². The minimum absolute atomic E-state index is 0.0377. The van der Waals surface area contributed by atoms with E-state index in [0.29, 0.717) is 49.6 Å². The third kappa shape index (κ3) is 6.58. The number of urea groups is 1. The van der Waals surface area contributed by atoms with E-state index in [4.69, 9.17) is 23.2 Å². The van der Waals surface area contributed by atoms with Crippen molar-refractivity contribution in [1.82, 2.24) is 24.8 Å². The standard InChI is InChI=1S/C27H26Cl2F6N8O/c1-3-18-9-19(14-42(18)22-21(28)12-36-23(29)39-22)43(24-37-10-20(11-38-24)41-5-4-40(2)25(41)44)13-15-6-16(26(30,31)32)8-17(7-15)27(33,34)35/h6-8,10-12,18-19H,3-5,9,13-14H2,1-2H3/t18?,19-/m0/s1. The predicted molar refractivity (Wildman–Crippen MR) is 152 cm³/mol. The molecule has 0 bridgehead atoms. The van der Waals surface area contributed by atoms with Crippen molar-refractivity contribution in [2.45, 2.75) is 50.7 Å². The minimum atomic E-state index is -5.01. The van der Waals surface area contributed by atoms with E-state index in [1.54, 1.807) is 11.9 Å². The molecule has 44 heavy (non-hydrogen) atoms. The lowest BCUT2D eigenvalue weighted by Gasteiger charge is -2.30. The maximum Gasteiger partial charge on any atom is 0.416 e. The van der Waals surface area contributed by atoms with E-state index in [-0.39, 0.29) is 53.0 Å². The second-order valence-corrected chi connectivity index (χ2v) is 11.3. The predicted octanol–water partition coefficient (Wildman–Crippen LogP) is 6.55. The van der Waals surface area contributed by atoms with Crippen molar-refractivity contribution in [2.24, 2.45) is 0 Å². The van der Waals surface area contributed by atoms with Gasteiger partial charge in [-0.15, -0.1) is 0 Å². The van der Waals surface area contributed by atoms with E-state index >= 15 is 0 Å². The highest BCUT2D eigenvalue weighted by Crippen LogP contribution is 2.38. The first-order valence-electron chi connectivity index (χ1n) is 13.5.